The Morgan fingerprint density at radius 3 is 2.84 bits per heavy atom. The van der Waals surface area contributed by atoms with Crippen LogP contribution in [0.4, 0.5) is 19.3 Å². The zero-order chi connectivity index (χ0) is 17.8. The van der Waals surface area contributed by atoms with Gasteiger partial charge in [-0.1, -0.05) is 6.07 Å². The largest absolute Gasteiger partial charge is 0.493 e. The molecule has 0 radical (unpaired) electrons. The number of urea groups is 1. The number of anilines is 1. The first-order valence-electron chi connectivity index (χ1n) is 7.96. The zero-order valence-electron chi connectivity index (χ0n) is 13.4. The van der Waals surface area contributed by atoms with Crippen molar-refractivity contribution in [3.05, 3.63) is 59.2 Å². The van der Waals surface area contributed by atoms with Crippen molar-refractivity contribution >= 4 is 11.7 Å². The summed E-state index contributed by atoms with van der Waals surface area (Å²) in [7, 11) is 0. The van der Waals surface area contributed by atoms with Crippen molar-refractivity contribution in [2.45, 2.75) is 18.9 Å². The monoisotopic (exact) mass is 348 g/mol. The minimum absolute atomic E-state index is 0.134. The van der Waals surface area contributed by atoms with Crippen LogP contribution in [0.2, 0.25) is 0 Å². The first-order chi connectivity index (χ1) is 12.0. The normalized spacial score (nSPS) is 14.2. The third-order valence-electron chi connectivity index (χ3n) is 3.95. The van der Waals surface area contributed by atoms with E-state index in [1.807, 2.05) is 6.07 Å². The number of carbonyl (C=O) groups excluding carboxylic acids is 1. The van der Waals surface area contributed by atoms with Crippen molar-refractivity contribution in [1.82, 2.24) is 5.32 Å². The maximum Gasteiger partial charge on any atom is 0.319 e. The van der Waals surface area contributed by atoms with Gasteiger partial charge in [-0.25, -0.2) is 13.6 Å². The van der Waals surface area contributed by atoms with E-state index in [1.54, 1.807) is 12.1 Å². The lowest BCUT2D eigenvalue weighted by atomic mass is 10.1. The summed E-state index contributed by atoms with van der Waals surface area (Å²) in [6.07, 6.45) is 0.683. The lowest BCUT2D eigenvalue weighted by molar-refractivity contribution is 0.174. The number of rotatable bonds is 4. The van der Waals surface area contributed by atoms with Crippen molar-refractivity contribution < 1.29 is 23.4 Å². The van der Waals surface area contributed by atoms with Crippen LogP contribution in [0.5, 0.6) is 5.75 Å². The number of hydrogen-bond acceptors (Lipinski definition) is 3. The second kappa shape index (κ2) is 7.48. The van der Waals surface area contributed by atoms with Crippen LogP contribution >= 0.6 is 0 Å². The van der Waals surface area contributed by atoms with E-state index in [1.165, 1.54) is 6.07 Å². The van der Waals surface area contributed by atoms with Crippen LogP contribution in [0, 0.1) is 11.6 Å². The summed E-state index contributed by atoms with van der Waals surface area (Å²) < 4.78 is 31.6. The van der Waals surface area contributed by atoms with E-state index in [2.05, 4.69) is 10.6 Å². The molecule has 1 aliphatic rings. The second-order valence-corrected chi connectivity index (χ2v) is 5.80. The summed E-state index contributed by atoms with van der Waals surface area (Å²) in [5.74, 6) is -1.21. The van der Waals surface area contributed by atoms with Gasteiger partial charge in [0, 0.05) is 12.2 Å². The maximum absolute atomic E-state index is 13.2. The third kappa shape index (κ3) is 4.24. The molecule has 1 heterocycles. The van der Waals surface area contributed by atoms with E-state index < -0.39 is 23.8 Å². The topological polar surface area (TPSA) is 70.6 Å². The number of nitrogens with one attached hydrogen (secondary N) is 2. The molecule has 3 rings (SSSR count). The minimum Gasteiger partial charge on any atom is -0.493 e. The van der Waals surface area contributed by atoms with Crippen LogP contribution < -0.4 is 15.4 Å². The molecule has 3 N–H and O–H groups in total. The summed E-state index contributed by atoms with van der Waals surface area (Å²) in [5, 5.41) is 15.1. The third-order valence-corrected chi connectivity index (χ3v) is 3.95. The quantitative estimate of drug-likeness (QED) is 0.795. The SMILES string of the molecule is O=C(NC[C@@H](O)c1ccc(F)c(F)c1)Nc1ccc2c(c1)CCCO2. The van der Waals surface area contributed by atoms with Crippen molar-refractivity contribution in [2.24, 2.45) is 0 Å². The highest BCUT2D eigenvalue weighted by molar-refractivity contribution is 5.89. The Labute approximate surface area is 143 Å². The summed E-state index contributed by atoms with van der Waals surface area (Å²) in [4.78, 5) is 11.9. The fourth-order valence-corrected chi connectivity index (χ4v) is 2.64. The van der Waals surface area contributed by atoms with E-state index in [4.69, 9.17) is 4.74 Å². The number of halogens is 2. The molecule has 1 aliphatic heterocycles. The molecule has 25 heavy (non-hydrogen) atoms. The molecule has 2 aromatic carbocycles. The molecule has 132 valence electrons. The molecular formula is C18H18F2N2O3. The number of fused-ring (bicyclic) bond motifs is 1. The summed E-state index contributed by atoms with van der Waals surface area (Å²) >= 11 is 0. The van der Waals surface area contributed by atoms with E-state index in [0.717, 1.165) is 36.3 Å². The van der Waals surface area contributed by atoms with Gasteiger partial charge in [0.2, 0.25) is 0 Å². The van der Waals surface area contributed by atoms with E-state index in [0.29, 0.717) is 12.3 Å². The average Bonchev–Trinajstić information content (AvgIpc) is 2.62. The van der Waals surface area contributed by atoms with Crippen LogP contribution in [-0.2, 0) is 6.42 Å². The maximum atomic E-state index is 13.2. The van der Waals surface area contributed by atoms with Gasteiger partial charge in [-0.2, -0.15) is 0 Å². The molecular weight excluding hydrogens is 330 g/mol. The van der Waals surface area contributed by atoms with Crippen LogP contribution in [0.1, 0.15) is 23.7 Å². The minimum atomic E-state index is -1.14. The molecule has 0 saturated carbocycles. The molecule has 0 fully saturated rings. The number of aryl methyl sites for hydroxylation is 1. The second-order valence-electron chi connectivity index (χ2n) is 5.80. The van der Waals surface area contributed by atoms with Crippen LogP contribution in [0.15, 0.2) is 36.4 Å². The summed E-state index contributed by atoms with van der Waals surface area (Å²) in [6.45, 7) is 0.563. The Bertz CT molecular complexity index is 783. The Morgan fingerprint density at radius 1 is 1.20 bits per heavy atom. The van der Waals surface area contributed by atoms with E-state index >= 15 is 0 Å². The fourth-order valence-electron chi connectivity index (χ4n) is 2.64. The Hall–Kier alpha value is -2.67. The molecule has 0 spiro atoms. The first-order valence-corrected chi connectivity index (χ1v) is 7.96. The van der Waals surface area contributed by atoms with Gasteiger partial charge in [-0.15, -0.1) is 0 Å². The van der Waals surface area contributed by atoms with Crippen molar-refractivity contribution in [3.63, 3.8) is 0 Å². The van der Waals surface area contributed by atoms with Gasteiger partial charge < -0.3 is 20.5 Å². The fraction of sp³-hybridized carbons (Fsp3) is 0.278. The molecule has 0 unspecified atom stereocenters. The standard InChI is InChI=1S/C18H18F2N2O3/c19-14-5-3-11(9-15(14)20)16(23)10-21-18(24)22-13-4-6-17-12(8-13)2-1-7-25-17/h3-6,8-9,16,23H,1-2,7,10H2,(H2,21,22,24)/t16-/m1/s1. The number of benzene rings is 2. The predicted octanol–water partition coefficient (Wildman–Crippen LogP) is 3.14. The summed E-state index contributed by atoms with van der Waals surface area (Å²) in [6, 6.07) is 7.99. The highest BCUT2D eigenvalue weighted by Gasteiger charge is 2.14. The molecule has 0 bridgehead atoms. The smallest absolute Gasteiger partial charge is 0.319 e. The first kappa shape index (κ1) is 17.2. The molecule has 0 aliphatic carbocycles. The molecule has 0 aromatic heterocycles. The Kier molecular flexibility index (Phi) is 5.14. The highest BCUT2D eigenvalue weighted by Crippen LogP contribution is 2.27. The number of amides is 2. The van der Waals surface area contributed by atoms with Gasteiger partial charge in [0.05, 0.1) is 12.7 Å². The predicted molar refractivity (Wildman–Crippen MR) is 88.6 cm³/mol. The number of aliphatic hydroxyl groups is 1. The van der Waals surface area contributed by atoms with Gasteiger partial charge in [0.15, 0.2) is 11.6 Å². The lowest BCUT2D eigenvalue weighted by Crippen LogP contribution is -2.32. The number of carbonyl (C=O) groups is 1. The number of hydrogen-bond donors (Lipinski definition) is 3. The van der Waals surface area contributed by atoms with E-state index in [-0.39, 0.29) is 12.1 Å². The lowest BCUT2D eigenvalue weighted by Gasteiger charge is -2.18. The van der Waals surface area contributed by atoms with Crippen molar-refractivity contribution in [3.8, 4) is 5.75 Å². The van der Waals surface area contributed by atoms with Crippen LogP contribution in [-0.4, -0.2) is 24.3 Å². The Balaban J connectivity index is 1.54. The number of ether oxygens (including phenoxy) is 1. The van der Waals surface area contributed by atoms with Crippen molar-refractivity contribution in [2.75, 3.05) is 18.5 Å². The molecule has 0 saturated heterocycles. The number of aliphatic hydroxyl groups excluding tert-OH is 1. The molecule has 2 amide bonds. The van der Waals surface area contributed by atoms with Crippen LogP contribution in [0.3, 0.4) is 0 Å². The highest BCUT2D eigenvalue weighted by atomic mass is 19.2. The van der Waals surface area contributed by atoms with E-state index in [9.17, 15) is 18.7 Å². The van der Waals surface area contributed by atoms with Gasteiger partial charge in [0.1, 0.15) is 5.75 Å². The van der Waals surface area contributed by atoms with Gasteiger partial charge >= 0.3 is 6.03 Å². The van der Waals surface area contributed by atoms with Crippen molar-refractivity contribution in [1.29, 1.82) is 0 Å². The van der Waals surface area contributed by atoms with Gasteiger partial charge in [-0.05, 0) is 54.3 Å². The summed E-state index contributed by atoms with van der Waals surface area (Å²) in [5.41, 5.74) is 1.83. The van der Waals surface area contributed by atoms with Gasteiger partial charge in [-0.3, -0.25) is 0 Å². The van der Waals surface area contributed by atoms with Crippen LogP contribution in [0.25, 0.3) is 0 Å². The zero-order valence-corrected chi connectivity index (χ0v) is 13.4. The molecule has 1 atom stereocenters. The average molecular weight is 348 g/mol. The van der Waals surface area contributed by atoms with Gasteiger partial charge in [0.25, 0.3) is 0 Å². The molecule has 5 nitrogen and oxygen atoms in total. The molecule has 7 heteroatoms. The Morgan fingerprint density at radius 2 is 2.04 bits per heavy atom. The molecule has 2 aromatic rings.